The Kier molecular flexibility index (Phi) is 4.15. The third-order valence-electron chi connectivity index (χ3n) is 3.18. The van der Waals surface area contributed by atoms with Gasteiger partial charge in [-0.25, -0.2) is 4.98 Å². The zero-order chi connectivity index (χ0) is 13.0. The number of H-pyrrole nitrogens is 1. The second-order valence-corrected chi connectivity index (χ2v) is 5.00. The fourth-order valence-corrected chi connectivity index (χ4v) is 2.20. The first kappa shape index (κ1) is 12.8. The van der Waals surface area contributed by atoms with Gasteiger partial charge in [-0.1, -0.05) is 44.2 Å². The van der Waals surface area contributed by atoms with Crippen molar-refractivity contribution in [2.24, 2.45) is 5.92 Å². The van der Waals surface area contributed by atoms with Crippen molar-refractivity contribution < 1.29 is 0 Å². The van der Waals surface area contributed by atoms with Gasteiger partial charge in [-0.05, 0) is 18.4 Å². The summed E-state index contributed by atoms with van der Waals surface area (Å²) in [7, 11) is 0. The number of nitrogens with one attached hydrogen (secondary N) is 2. The highest BCUT2D eigenvalue weighted by molar-refractivity contribution is 5.19. The Bertz CT molecular complexity index is 448. The van der Waals surface area contributed by atoms with Crippen LogP contribution in [-0.4, -0.2) is 9.97 Å². The molecule has 2 N–H and O–H groups in total. The van der Waals surface area contributed by atoms with Crippen LogP contribution in [0.5, 0.6) is 0 Å². The largest absolute Gasteiger partial charge is 0.347 e. The molecule has 3 heteroatoms. The molecule has 0 radical (unpaired) electrons. The summed E-state index contributed by atoms with van der Waals surface area (Å²) < 4.78 is 0. The van der Waals surface area contributed by atoms with Gasteiger partial charge in [-0.2, -0.15) is 0 Å². The molecule has 1 aromatic heterocycles. The number of aromatic nitrogens is 2. The van der Waals surface area contributed by atoms with E-state index in [2.05, 4.69) is 66.4 Å². The first-order valence-corrected chi connectivity index (χ1v) is 6.48. The lowest BCUT2D eigenvalue weighted by molar-refractivity contribution is 0.368. The SMILES string of the molecule is CC(NC(c1ccccc1)C(C)C)c1ncc[nH]1. The summed E-state index contributed by atoms with van der Waals surface area (Å²) in [4.78, 5) is 7.46. The summed E-state index contributed by atoms with van der Waals surface area (Å²) in [5.74, 6) is 1.52. The molecular formula is C15H21N3. The molecule has 2 unspecified atom stereocenters. The summed E-state index contributed by atoms with van der Waals surface area (Å²) in [6, 6.07) is 11.1. The van der Waals surface area contributed by atoms with E-state index in [1.807, 2.05) is 6.20 Å². The molecule has 0 saturated heterocycles. The molecule has 0 amide bonds. The molecule has 96 valence electrons. The van der Waals surface area contributed by atoms with Crippen molar-refractivity contribution in [2.45, 2.75) is 32.9 Å². The lowest BCUT2D eigenvalue weighted by Crippen LogP contribution is -2.29. The first-order chi connectivity index (χ1) is 8.68. The highest BCUT2D eigenvalue weighted by Crippen LogP contribution is 2.24. The average Bonchev–Trinajstić information content (AvgIpc) is 2.90. The summed E-state index contributed by atoms with van der Waals surface area (Å²) in [5.41, 5.74) is 1.32. The maximum atomic E-state index is 4.30. The fourth-order valence-electron chi connectivity index (χ4n) is 2.20. The van der Waals surface area contributed by atoms with Crippen molar-refractivity contribution in [1.29, 1.82) is 0 Å². The van der Waals surface area contributed by atoms with Gasteiger partial charge in [0, 0.05) is 18.4 Å². The van der Waals surface area contributed by atoms with E-state index >= 15 is 0 Å². The van der Waals surface area contributed by atoms with Crippen LogP contribution >= 0.6 is 0 Å². The summed E-state index contributed by atoms with van der Waals surface area (Å²) in [6.45, 7) is 6.61. The second-order valence-electron chi connectivity index (χ2n) is 5.00. The predicted octanol–water partition coefficient (Wildman–Crippen LogP) is 3.46. The van der Waals surface area contributed by atoms with Gasteiger partial charge in [0.15, 0.2) is 0 Å². The van der Waals surface area contributed by atoms with Gasteiger partial charge in [0.1, 0.15) is 5.82 Å². The van der Waals surface area contributed by atoms with Gasteiger partial charge in [0.25, 0.3) is 0 Å². The third kappa shape index (κ3) is 2.99. The Morgan fingerprint density at radius 1 is 1.11 bits per heavy atom. The lowest BCUT2D eigenvalue weighted by atomic mass is 9.95. The topological polar surface area (TPSA) is 40.7 Å². The van der Waals surface area contributed by atoms with E-state index in [0.717, 1.165) is 5.82 Å². The normalized spacial score (nSPS) is 14.7. The van der Waals surface area contributed by atoms with Gasteiger partial charge in [-0.3, -0.25) is 0 Å². The summed E-state index contributed by atoms with van der Waals surface area (Å²) in [5, 5.41) is 3.64. The quantitative estimate of drug-likeness (QED) is 0.844. The molecule has 0 saturated carbocycles. The van der Waals surface area contributed by atoms with Crippen LogP contribution in [-0.2, 0) is 0 Å². The Balaban J connectivity index is 2.12. The number of imidazole rings is 1. The molecule has 2 atom stereocenters. The molecule has 2 rings (SSSR count). The second kappa shape index (κ2) is 5.83. The predicted molar refractivity (Wildman–Crippen MR) is 74.2 cm³/mol. The third-order valence-corrected chi connectivity index (χ3v) is 3.18. The average molecular weight is 243 g/mol. The van der Waals surface area contributed by atoms with Crippen molar-refractivity contribution in [1.82, 2.24) is 15.3 Å². The van der Waals surface area contributed by atoms with Crippen LogP contribution in [0, 0.1) is 5.92 Å². The van der Waals surface area contributed by atoms with Crippen LogP contribution in [0.15, 0.2) is 42.7 Å². The Labute approximate surface area is 109 Å². The van der Waals surface area contributed by atoms with E-state index in [1.54, 1.807) is 6.20 Å². The maximum absolute atomic E-state index is 4.30. The molecule has 0 fully saturated rings. The van der Waals surface area contributed by atoms with Crippen LogP contribution in [0.2, 0.25) is 0 Å². The molecule has 18 heavy (non-hydrogen) atoms. The summed E-state index contributed by atoms with van der Waals surface area (Å²) >= 11 is 0. The molecule has 0 spiro atoms. The number of hydrogen-bond donors (Lipinski definition) is 2. The van der Waals surface area contributed by atoms with Gasteiger partial charge in [-0.15, -0.1) is 0 Å². The van der Waals surface area contributed by atoms with Gasteiger partial charge >= 0.3 is 0 Å². The standard InChI is InChI=1S/C15H21N3/c1-11(2)14(13-7-5-4-6-8-13)18-12(3)15-16-9-10-17-15/h4-12,14,18H,1-3H3,(H,16,17). The Morgan fingerprint density at radius 2 is 1.83 bits per heavy atom. The van der Waals surface area contributed by atoms with Gasteiger partial charge in [0.2, 0.25) is 0 Å². The molecular weight excluding hydrogens is 222 g/mol. The Hall–Kier alpha value is -1.61. The van der Waals surface area contributed by atoms with E-state index < -0.39 is 0 Å². The van der Waals surface area contributed by atoms with Gasteiger partial charge < -0.3 is 10.3 Å². The van der Waals surface area contributed by atoms with Crippen LogP contribution in [0.1, 0.15) is 44.2 Å². The van der Waals surface area contributed by atoms with Crippen molar-refractivity contribution in [3.63, 3.8) is 0 Å². The first-order valence-electron chi connectivity index (χ1n) is 6.48. The van der Waals surface area contributed by atoms with Crippen LogP contribution in [0.25, 0.3) is 0 Å². The van der Waals surface area contributed by atoms with E-state index in [-0.39, 0.29) is 6.04 Å². The molecule has 2 aromatic rings. The van der Waals surface area contributed by atoms with Crippen molar-refractivity contribution in [3.8, 4) is 0 Å². The minimum absolute atomic E-state index is 0.215. The number of hydrogen-bond acceptors (Lipinski definition) is 2. The highest BCUT2D eigenvalue weighted by Gasteiger charge is 2.19. The minimum Gasteiger partial charge on any atom is -0.347 e. The Morgan fingerprint density at radius 3 is 2.39 bits per heavy atom. The van der Waals surface area contributed by atoms with Crippen molar-refractivity contribution in [2.75, 3.05) is 0 Å². The minimum atomic E-state index is 0.215. The summed E-state index contributed by atoms with van der Waals surface area (Å²) in [6.07, 6.45) is 3.65. The monoisotopic (exact) mass is 243 g/mol. The molecule has 1 aromatic carbocycles. The van der Waals surface area contributed by atoms with E-state index in [1.165, 1.54) is 5.56 Å². The van der Waals surface area contributed by atoms with Crippen LogP contribution in [0.3, 0.4) is 0 Å². The van der Waals surface area contributed by atoms with Crippen LogP contribution in [0.4, 0.5) is 0 Å². The van der Waals surface area contributed by atoms with Gasteiger partial charge in [0.05, 0.1) is 6.04 Å². The number of nitrogens with zero attached hydrogens (tertiary/aromatic N) is 1. The molecule has 3 nitrogen and oxygen atoms in total. The molecule has 0 aliphatic carbocycles. The zero-order valence-corrected chi connectivity index (χ0v) is 11.2. The van der Waals surface area contributed by atoms with E-state index in [0.29, 0.717) is 12.0 Å². The molecule has 0 bridgehead atoms. The molecule has 1 heterocycles. The number of rotatable bonds is 5. The number of aromatic amines is 1. The highest BCUT2D eigenvalue weighted by atomic mass is 15.0. The van der Waals surface area contributed by atoms with E-state index in [9.17, 15) is 0 Å². The van der Waals surface area contributed by atoms with Crippen molar-refractivity contribution in [3.05, 3.63) is 54.1 Å². The zero-order valence-electron chi connectivity index (χ0n) is 11.2. The fraction of sp³-hybridized carbons (Fsp3) is 0.400. The van der Waals surface area contributed by atoms with E-state index in [4.69, 9.17) is 0 Å². The lowest BCUT2D eigenvalue weighted by Gasteiger charge is -2.26. The maximum Gasteiger partial charge on any atom is 0.122 e. The number of benzene rings is 1. The smallest absolute Gasteiger partial charge is 0.122 e. The molecule has 0 aliphatic rings. The molecule has 0 aliphatic heterocycles. The van der Waals surface area contributed by atoms with Crippen LogP contribution < -0.4 is 5.32 Å². The van der Waals surface area contributed by atoms with Crippen molar-refractivity contribution >= 4 is 0 Å².